The van der Waals surface area contributed by atoms with Crippen molar-refractivity contribution in [1.82, 2.24) is 4.90 Å². The predicted octanol–water partition coefficient (Wildman–Crippen LogP) is 3.21. The highest BCUT2D eigenvalue weighted by Gasteiger charge is 2.34. The summed E-state index contributed by atoms with van der Waals surface area (Å²) in [5.41, 5.74) is 0.651. The molecular weight excluding hydrogens is 296 g/mol. The molecule has 2 heterocycles. The molecule has 1 aliphatic heterocycles. The molecule has 1 aliphatic rings. The summed E-state index contributed by atoms with van der Waals surface area (Å²) in [7, 11) is 0. The fourth-order valence-corrected chi connectivity index (χ4v) is 3.62. The minimum Gasteiger partial charge on any atom is -0.480 e. The van der Waals surface area contributed by atoms with E-state index in [0.717, 1.165) is 10.4 Å². The van der Waals surface area contributed by atoms with Crippen molar-refractivity contribution < 1.29 is 18.7 Å². The molecule has 0 saturated heterocycles. The number of carbonyl (C=O) groups is 1. The number of rotatable bonds is 3. The minimum absolute atomic E-state index is 0.0508. The highest BCUT2D eigenvalue weighted by molar-refractivity contribution is 7.10. The number of aliphatic carboxylic acids is 1. The van der Waals surface area contributed by atoms with Crippen molar-refractivity contribution in [3.63, 3.8) is 0 Å². The third-order valence-corrected chi connectivity index (χ3v) is 4.72. The molecule has 0 spiro atoms. The van der Waals surface area contributed by atoms with Crippen molar-refractivity contribution in [3.8, 4) is 0 Å². The molecule has 1 unspecified atom stereocenters. The Morgan fingerprint density at radius 1 is 1.33 bits per heavy atom. The van der Waals surface area contributed by atoms with Gasteiger partial charge in [-0.25, -0.2) is 8.78 Å². The van der Waals surface area contributed by atoms with Gasteiger partial charge in [0, 0.05) is 23.5 Å². The summed E-state index contributed by atoms with van der Waals surface area (Å²) < 4.78 is 27.5. The van der Waals surface area contributed by atoms with Crippen LogP contribution in [0.15, 0.2) is 29.6 Å². The molecule has 0 aliphatic carbocycles. The molecule has 0 fully saturated rings. The molecule has 3 rings (SSSR count). The second-order valence-electron chi connectivity index (χ2n) is 4.96. The maximum Gasteiger partial charge on any atom is 0.325 e. The van der Waals surface area contributed by atoms with Gasteiger partial charge in [-0.15, -0.1) is 11.3 Å². The van der Waals surface area contributed by atoms with Crippen molar-refractivity contribution in [1.29, 1.82) is 0 Å². The highest BCUT2D eigenvalue weighted by Crippen LogP contribution is 2.34. The molecule has 0 radical (unpaired) electrons. The molecule has 3 nitrogen and oxygen atoms in total. The van der Waals surface area contributed by atoms with Crippen molar-refractivity contribution in [2.24, 2.45) is 0 Å². The predicted molar refractivity (Wildman–Crippen MR) is 75.2 cm³/mol. The van der Waals surface area contributed by atoms with E-state index >= 15 is 0 Å². The van der Waals surface area contributed by atoms with E-state index in [1.165, 1.54) is 29.5 Å². The van der Waals surface area contributed by atoms with Crippen LogP contribution in [0.4, 0.5) is 8.78 Å². The lowest BCUT2D eigenvalue weighted by molar-refractivity contribution is -0.144. The number of carboxylic acids is 1. The lowest BCUT2D eigenvalue weighted by Crippen LogP contribution is -2.39. The number of fused-ring (bicyclic) bond motifs is 1. The van der Waals surface area contributed by atoms with Crippen LogP contribution in [0.5, 0.6) is 0 Å². The van der Waals surface area contributed by atoms with Gasteiger partial charge in [0.1, 0.15) is 17.7 Å². The number of nitrogens with zero attached hydrogens (tertiary/aromatic N) is 1. The van der Waals surface area contributed by atoms with Crippen LogP contribution in [-0.2, 0) is 17.8 Å². The highest BCUT2D eigenvalue weighted by atomic mass is 32.1. The van der Waals surface area contributed by atoms with Gasteiger partial charge in [-0.1, -0.05) is 6.07 Å². The molecule has 110 valence electrons. The van der Waals surface area contributed by atoms with Gasteiger partial charge in [0.05, 0.1) is 0 Å². The van der Waals surface area contributed by atoms with E-state index in [1.807, 2.05) is 5.38 Å². The summed E-state index contributed by atoms with van der Waals surface area (Å²) in [5.74, 6) is -2.28. The first-order valence-electron chi connectivity index (χ1n) is 6.54. The molecule has 1 N–H and O–H groups in total. The second kappa shape index (κ2) is 5.54. The summed E-state index contributed by atoms with van der Waals surface area (Å²) in [6, 6.07) is 4.61. The van der Waals surface area contributed by atoms with Crippen LogP contribution in [0.3, 0.4) is 0 Å². The molecule has 0 amide bonds. The van der Waals surface area contributed by atoms with Crippen LogP contribution in [-0.4, -0.2) is 22.5 Å². The van der Waals surface area contributed by atoms with E-state index in [9.17, 15) is 18.7 Å². The molecule has 0 bridgehead atoms. The second-order valence-corrected chi connectivity index (χ2v) is 5.96. The topological polar surface area (TPSA) is 40.5 Å². The fraction of sp³-hybridized carbons (Fsp3) is 0.267. The molecule has 1 aromatic heterocycles. The molecule has 0 saturated carbocycles. The van der Waals surface area contributed by atoms with E-state index in [2.05, 4.69) is 0 Å². The summed E-state index contributed by atoms with van der Waals surface area (Å²) in [6.07, 6.45) is 0.701. The molecule has 1 aromatic carbocycles. The first kappa shape index (κ1) is 14.2. The van der Waals surface area contributed by atoms with E-state index in [-0.39, 0.29) is 12.1 Å². The van der Waals surface area contributed by atoms with Crippen molar-refractivity contribution >= 4 is 17.3 Å². The van der Waals surface area contributed by atoms with E-state index in [4.69, 9.17) is 0 Å². The molecule has 6 heteroatoms. The molecule has 2 aromatic rings. The molecular formula is C15H13F2NO2S. The third-order valence-electron chi connectivity index (χ3n) is 3.72. The van der Waals surface area contributed by atoms with Crippen LogP contribution in [0.1, 0.15) is 22.0 Å². The smallest absolute Gasteiger partial charge is 0.325 e. The Bertz CT molecular complexity index is 666. The van der Waals surface area contributed by atoms with Gasteiger partial charge in [-0.2, -0.15) is 0 Å². The van der Waals surface area contributed by atoms with Gasteiger partial charge in [0.25, 0.3) is 0 Å². The SMILES string of the molecule is O=C(O)C1c2ccsc2CCN1Cc1c(F)cccc1F. The van der Waals surface area contributed by atoms with Crippen molar-refractivity contribution in [2.45, 2.75) is 19.0 Å². The van der Waals surface area contributed by atoms with Crippen molar-refractivity contribution in [2.75, 3.05) is 6.54 Å². The van der Waals surface area contributed by atoms with Crippen LogP contribution in [0.2, 0.25) is 0 Å². The number of hydrogen-bond acceptors (Lipinski definition) is 3. The maximum atomic E-state index is 13.8. The quantitative estimate of drug-likeness (QED) is 0.946. The summed E-state index contributed by atoms with van der Waals surface area (Å²) in [4.78, 5) is 14.2. The van der Waals surface area contributed by atoms with Gasteiger partial charge in [-0.05, 0) is 35.6 Å². The standard InChI is InChI=1S/C15H13F2NO2S/c16-11-2-1-3-12(17)10(11)8-18-6-4-13-9(5-7-21-13)14(18)15(19)20/h1-3,5,7,14H,4,6,8H2,(H,19,20). The zero-order chi connectivity index (χ0) is 15.0. The zero-order valence-electron chi connectivity index (χ0n) is 11.1. The van der Waals surface area contributed by atoms with Crippen LogP contribution in [0.25, 0.3) is 0 Å². The molecule has 1 atom stereocenters. The Balaban J connectivity index is 1.94. The average molecular weight is 309 g/mol. The largest absolute Gasteiger partial charge is 0.480 e. The number of halogens is 2. The van der Waals surface area contributed by atoms with Crippen LogP contribution in [0, 0.1) is 11.6 Å². The van der Waals surface area contributed by atoms with Gasteiger partial charge in [-0.3, -0.25) is 9.69 Å². The summed E-state index contributed by atoms with van der Waals surface area (Å²) in [5, 5.41) is 11.3. The Labute approximate surface area is 124 Å². The first-order valence-corrected chi connectivity index (χ1v) is 7.42. The average Bonchev–Trinajstić information content (AvgIpc) is 2.90. The first-order chi connectivity index (χ1) is 10.1. The lowest BCUT2D eigenvalue weighted by atomic mass is 9.99. The third kappa shape index (κ3) is 2.56. The maximum absolute atomic E-state index is 13.8. The monoisotopic (exact) mass is 309 g/mol. The Hall–Kier alpha value is -1.79. The Morgan fingerprint density at radius 3 is 2.71 bits per heavy atom. The summed E-state index contributed by atoms with van der Waals surface area (Å²) in [6.45, 7) is 0.420. The summed E-state index contributed by atoms with van der Waals surface area (Å²) >= 11 is 1.52. The zero-order valence-corrected chi connectivity index (χ0v) is 11.9. The van der Waals surface area contributed by atoms with Gasteiger partial charge in [0.2, 0.25) is 0 Å². The lowest BCUT2D eigenvalue weighted by Gasteiger charge is -2.33. The fourth-order valence-electron chi connectivity index (χ4n) is 2.71. The number of benzene rings is 1. The van der Waals surface area contributed by atoms with E-state index in [1.54, 1.807) is 11.0 Å². The number of hydrogen-bond donors (Lipinski definition) is 1. The van der Waals surface area contributed by atoms with E-state index < -0.39 is 23.6 Å². The van der Waals surface area contributed by atoms with E-state index in [0.29, 0.717) is 13.0 Å². The van der Waals surface area contributed by atoms with Crippen molar-refractivity contribution in [3.05, 3.63) is 57.3 Å². The minimum atomic E-state index is -0.994. The molecule has 21 heavy (non-hydrogen) atoms. The number of thiophene rings is 1. The Morgan fingerprint density at radius 2 is 2.05 bits per heavy atom. The Kier molecular flexibility index (Phi) is 3.73. The van der Waals surface area contributed by atoms with Gasteiger partial charge >= 0.3 is 5.97 Å². The van der Waals surface area contributed by atoms with Crippen LogP contribution < -0.4 is 0 Å². The van der Waals surface area contributed by atoms with Gasteiger partial charge in [0.15, 0.2) is 0 Å². The number of carboxylic acid groups (broad SMARTS) is 1. The van der Waals surface area contributed by atoms with Crippen LogP contribution >= 0.6 is 11.3 Å². The van der Waals surface area contributed by atoms with Gasteiger partial charge < -0.3 is 5.11 Å². The normalized spacial score (nSPS) is 18.5.